The van der Waals surface area contributed by atoms with Crippen molar-refractivity contribution in [2.45, 2.75) is 13.1 Å². The predicted octanol–water partition coefficient (Wildman–Crippen LogP) is 2.49. The third-order valence-corrected chi connectivity index (χ3v) is 4.49. The number of ether oxygens (including phenoxy) is 1. The first-order chi connectivity index (χ1) is 8.81. The van der Waals surface area contributed by atoms with Crippen molar-refractivity contribution in [3.05, 3.63) is 38.8 Å². The first kappa shape index (κ1) is 13.7. The van der Waals surface area contributed by atoms with Gasteiger partial charge in [0, 0.05) is 35.7 Å². The minimum absolute atomic E-state index is 0.727. The average Bonchev–Trinajstić information content (AvgIpc) is 2.96. The summed E-state index contributed by atoms with van der Waals surface area (Å²) in [5.74, 6) is 0. The number of rotatable bonds is 7. The highest BCUT2D eigenvalue weighted by atomic mass is 79.9. The monoisotopic (exact) mass is 329 g/mol. The highest BCUT2D eigenvalue weighted by Crippen LogP contribution is 2.23. The van der Waals surface area contributed by atoms with Crippen LogP contribution in [-0.2, 0) is 17.8 Å². The van der Waals surface area contributed by atoms with E-state index in [1.807, 2.05) is 16.9 Å². The molecule has 98 valence electrons. The number of aromatic nitrogens is 2. The Labute approximate surface area is 119 Å². The van der Waals surface area contributed by atoms with Gasteiger partial charge in [0.2, 0.25) is 0 Å². The van der Waals surface area contributed by atoms with E-state index in [0.717, 1.165) is 30.7 Å². The lowest BCUT2D eigenvalue weighted by Crippen LogP contribution is -2.21. The molecule has 2 rings (SSSR count). The maximum Gasteiger partial charge on any atom is 0.0767 e. The molecule has 18 heavy (non-hydrogen) atoms. The first-order valence-corrected chi connectivity index (χ1v) is 7.40. The van der Waals surface area contributed by atoms with Crippen LogP contribution in [0.1, 0.15) is 10.6 Å². The molecule has 0 fully saturated rings. The van der Waals surface area contributed by atoms with E-state index < -0.39 is 0 Å². The Bertz CT molecular complexity index is 483. The van der Waals surface area contributed by atoms with Gasteiger partial charge in [-0.3, -0.25) is 4.68 Å². The summed E-state index contributed by atoms with van der Waals surface area (Å²) in [6, 6.07) is 4.11. The zero-order valence-electron chi connectivity index (χ0n) is 10.2. The Morgan fingerprint density at radius 2 is 2.39 bits per heavy atom. The lowest BCUT2D eigenvalue weighted by Gasteiger charge is -2.08. The van der Waals surface area contributed by atoms with Gasteiger partial charge in [0.15, 0.2) is 0 Å². The van der Waals surface area contributed by atoms with Gasteiger partial charge in [-0.15, -0.1) is 11.3 Å². The van der Waals surface area contributed by atoms with Gasteiger partial charge < -0.3 is 10.1 Å². The number of hydrogen-bond acceptors (Lipinski definition) is 4. The molecule has 2 aromatic rings. The molecule has 0 amide bonds. The van der Waals surface area contributed by atoms with E-state index in [-0.39, 0.29) is 0 Å². The van der Waals surface area contributed by atoms with Crippen LogP contribution in [0.2, 0.25) is 0 Å². The Kier molecular flexibility index (Phi) is 5.37. The van der Waals surface area contributed by atoms with Gasteiger partial charge in [-0.05, 0) is 33.4 Å². The molecule has 0 bridgehead atoms. The van der Waals surface area contributed by atoms with Gasteiger partial charge in [-0.1, -0.05) is 0 Å². The Morgan fingerprint density at radius 3 is 3.11 bits per heavy atom. The quantitative estimate of drug-likeness (QED) is 0.793. The maximum absolute atomic E-state index is 5.00. The Hall–Kier alpha value is -0.690. The van der Waals surface area contributed by atoms with Gasteiger partial charge >= 0.3 is 0 Å². The molecule has 0 spiro atoms. The number of thiophene rings is 1. The molecule has 0 atom stereocenters. The second kappa shape index (κ2) is 7.04. The van der Waals surface area contributed by atoms with Crippen LogP contribution in [-0.4, -0.2) is 30.0 Å². The minimum Gasteiger partial charge on any atom is -0.383 e. The van der Waals surface area contributed by atoms with E-state index in [4.69, 9.17) is 4.74 Å². The summed E-state index contributed by atoms with van der Waals surface area (Å²) in [5, 5.41) is 9.77. The van der Waals surface area contributed by atoms with Crippen molar-refractivity contribution in [1.29, 1.82) is 0 Å². The second-order valence-electron chi connectivity index (χ2n) is 3.84. The third kappa shape index (κ3) is 3.65. The van der Waals surface area contributed by atoms with Gasteiger partial charge in [0.05, 0.1) is 18.8 Å². The minimum atomic E-state index is 0.727. The largest absolute Gasteiger partial charge is 0.383 e. The smallest absolute Gasteiger partial charge is 0.0767 e. The number of nitrogens with zero attached hydrogens (tertiary/aromatic N) is 2. The fraction of sp³-hybridized carbons (Fsp3) is 0.417. The van der Waals surface area contributed by atoms with Crippen LogP contribution >= 0.6 is 27.3 Å². The summed E-state index contributed by atoms with van der Waals surface area (Å²) in [6.45, 7) is 3.20. The summed E-state index contributed by atoms with van der Waals surface area (Å²) >= 11 is 5.29. The van der Waals surface area contributed by atoms with Crippen LogP contribution < -0.4 is 5.32 Å². The molecule has 2 aromatic heterocycles. The highest BCUT2D eigenvalue weighted by molar-refractivity contribution is 9.10. The zero-order valence-corrected chi connectivity index (χ0v) is 12.6. The zero-order chi connectivity index (χ0) is 12.8. The molecule has 0 saturated carbocycles. The van der Waals surface area contributed by atoms with Gasteiger partial charge in [0.1, 0.15) is 0 Å². The molecule has 2 heterocycles. The van der Waals surface area contributed by atoms with Crippen molar-refractivity contribution in [3.8, 4) is 0 Å². The molecular weight excluding hydrogens is 314 g/mol. The summed E-state index contributed by atoms with van der Waals surface area (Å²) in [5.41, 5.74) is 1.19. The van der Waals surface area contributed by atoms with E-state index >= 15 is 0 Å². The van der Waals surface area contributed by atoms with Gasteiger partial charge in [0.25, 0.3) is 0 Å². The fourth-order valence-electron chi connectivity index (χ4n) is 1.62. The number of methoxy groups -OCH3 is 1. The second-order valence-corrected chi connectivity index (χ2v) is 5.70. The van der Waals surface area contributed by atoms with E-state index in [2.05, 4.69) is 37.8 Å². The Balaban J connectivity index is 1.93. The molecule has 0 saturated heterocycles. The number of halogens is 1. The topological polar surface area (TPSA) is 39.1 Å². The molecule has 4 nitrogen and oxygen atoms in total. The normalized spacial score (nSPS) is 11.0. The summed E-state index contributed by atoms with van der Waals surface area (Å²) in [6.07, 6.45) is 1.84. The summed E-state index contributed by atoms with van der Waals surface area (Å²) in [4.78, 5) is 1.29. The number of nitrogens with one attached hydrogen (secondary N) is 1. The van der Waals surface area contributed by atoms with Crippen molar-refractivity contribution in [2.24, 2.45) is 0 Å². The van der Waals surface area contributed by atoms with Crippen LogP contribution in [0.5, 0.6) is 0 Å². The van der Waals surface area contributed by atoms with Crippen molar-refractivity contribution < 1.29 is 4.74 Å². The fourth-order valence-corrected chi connectivity index (χ4v) is 3.08. The molecule has 6 heteroatoms. The highest BCUT2D eigenvalue weighted by Gasteiger charge is 2.06. The van der Waals surface area contributed by atoms with Crippen molar-refractivity contribution in [2.75, 3.05) is 20.3 Å². The molecule has 0 unspecified atom stereocenters. The molecule has 0 aliphatic heterocycles. The van der Waals surface area contributed by atoms with Crippen LogP contribution in [0.3, 0.4) is 0 Å². The van der Waals surface area contributed by atoms with E-state index in [1.54, 1.807) is 18.4 Å². The van der Waals surface area contributed by atoms with E-state index in [0.29, 0.717) is 0 Å². The van der Waals surface area contributed by atoms with Crippen molar-refractivity contribution >= 4 is 27.3 Å². The standard InChI is InChI=1S/C12H16BrN3OS/c1-17-6-5-14-8-10-2-4-15-16(10)9-12-11(13)3-7-18-12/h2-4,7,14H,5-6,8-9H2,1H3. The molecule has 0 aliphatic rings. The molecule has 0 radical (unpaired) electrons. The molecule has 1 N–H and O–H groups in total. The summed E-state index contributed by atoms with van der Waals surface area (Å²) < 4.78 is 8.18. The van der Waals surface area contributed by atoms with Crippen LogP contribution in [0, 0.1) is 0 Å². The van der Waals surface area contributed by atoms with Crippen LogP contribution in [0.15, 0.2) is 28.2 Å². The first-order valence-electron chi connectivity index (χ1n) is 5.73. The predicted molar refractivity (Wildman–Crippen MR) is 76.9 cm³/mol. The summed E-state index contributed by atoms with van der Waals surface area (Å²) in [7, 11) is 1.71. The van der Waals surface area contributed by atoms with E-state index in [9.17, 15) is 0 Å². The Morgan fingerprint density at radius 1 is 1.50 bits per heavy atom. The van der Waals surface area contributed by atoms with Crippen LogP contribution in [0.4, 0.5) is 0 Å². The van der Waals surface area contributed by atoms with E-state index in [1.165, 1.54) is 10.6 Å². The van der Waals surface area contributed by atoms with Crippen molar-refractivity contribution in [3.63, 3.8) is 0 Å². The SMILES string of the molecule is COCCNCc1ccnn1Cc1sccc1Br. The lowest BCUT2D eigenvalue weighted by atomic mass is 10.4. The van der Waals surface area contributed by atoms with Gasteiger partial charge in [-0.2, -0.15) is 5.10 Å². The lowest BCUT2D eigenvalue weighted by molar-refractivity contribution is 0.199. The average molecular weight is 330 g/mol. The van der Waals surface area contributed by atoms with Crippen LogP contribution in [0.25, 0.3) is 0 Å². The van der Waals surface area contributed by atoms with Crippen molar-refractivity contribution in [1.82, 2.24) is 15.1 Å². The van der Waals surface area contributed by atoms with Gasteiger partial charge in [-0.25, -0.2) is 0 Å². The third-order valence-electron chi connectivity index (χ3n) is 2.58. The molecular formula is C12H16BrN3OS. The number of hydrogen-bond donors (Lipinski definition) is 1. The molecule has 0 aliphatic carbocycles. The maximum atomic E-state index is 5.00. The molecule has 0 aromatic carbocycles.